The van der Waals surface area contributed by atoms with Gasteiger partial charge in [0.25, 0.3) is 0 Å². The maximum absolute atomic E-state index is 11.8. The minimum absolute atomic E-state index is 0.112. The van der Waals surface area contributed by atoms with Crippen molar-refractivity contribution in [3.05, 3.63) is 0 Å². The molecule has 2 amide bonds. The number of nitrogens with zero attached hydrogens (tertiary/aromatic N) is 1. The maximum Gasteiger partial charge on any atom is 0.317 e. The Morgan fingerprint density at radius 3 is 2.29 bits per heavy atom. The summed E-state index contributed by atoms with van der Waals surface area (Å²) in [4.78, 5) is 24.1. The third-order valence-corrected chi connectivity index (χ3v) is 3.00. The Kier molecular flexibility index (Phi) is 7.34. The monoisotopic (exact) mass is 244 g/mol. The number of carbonyl (C=O) groups excluding carboxylic acids is 1. The molecule has 0 radical (unpaired) electrons. The van der Waals surface area contributed by atoms with Gasteiger partial charge < -0.3 is 15.3 Å². The molecule has 0 rings (SSSR count). The molecule has 0 aliphatic rings. The number of nitrogens with one attached hydrogen (secondary N) is 1. The van der Waals surface area contributed by atoms with Gasteiger partial charge in [-0.2, -0.15) is 0 Å². The van der Waals surface area contributed by atoms with Crippen LogP contribution >= 0.6 is 0 Å². The number of rotatable bonds is 7. The molecule has 17 heavy (non-hydrogen) atoms. The molecule has 0 fully saturated rings. The molecule has 100 valence electrons. The standard InChI is InChI=1S/C12H24N2O3/c1-5-10(4)14(6-2)12(17)13-8-7-9(3)11(15)16/h9-10H,5-8H2,1-4H3,(H,13,17)(H,15,16). The number of carboxylic acids is 1. The SMILES string of the molecule is CCC(C)N(CC)C(=O)NCCC(C)C(=O)O. The normalized spacial score (nSPS) is 13.9. The van der Waals surface area contributed by atoms with Crippen LogP contribution in [-0.2, 0) is 4.79 Å². The van der Waals surface area contributed by atoms with Gasteiger partial charge in [-0.1, -0.05) is 13.8 Å². The lowest BCUT2D eigenvalue weighted by molar-refractivity contribution is -0.141. The number of hydrogen-bond acceptors (Lipinski definition) is 2. The van der Waals surface area contributed by atoms with Crippen molar-refractivity contribution in [1.82, 2.24) is 10.2 Å². The van der Waals surface area contributed by atoms with Crippen LogP contribution in [0.15, 0.2) is 0 Å². The van der Waals surface area contributed by atoms with E-state index in [0.29, 0.717) is 19.5 Å². The first-order chi connectivity index (χ1) is 7.93. The summed E-state index contributed by atoms with van der Waals surface area (Å²) < 4.78 is 0. The summed E-state index contributed by atoms with van der Waals surface area (Å²) in [5.74, 6) is -1.25. The number of amides is 2. The molecule has 0 aliphatic carbocycles. The summed E-state index contributed by atoms with van der Waals surface area (Å²) in [5.41, 5.74) is 0. The van der Waals surface area contributed by atoms with Crippen molar-refractivity contribution < 1.29 is 14.7 Å². The Morgan fingerprint density at radius 1 is 1.29 bits per heavy atom. The largest absolute Gasteiger partial charge is 0.481 e. The second-order valence-corrected chi connectivity index (χ2v) is 4.30. The fraction of sp³-hybridized carbons (Fsp3) is 0.833. The van der Waals surface area contributed by atoms with Gasteiger partial charge in [-0.3, -0.25) is 4.79 Å². The topological polar surface area (TPSA) is 69.6 Å². The van der Waals surface area contributed by atoms with Crippen LogP contribution in [0.3, 0.4) is 0 Å². The summed E-state index contributed by atoms with van der Waals surface area (Å²) in [6.07, 6.45) is 1.37. The lowest BCUT2D eigenvalue weighted by Gasteiger charge is -2.27. The summed E-state index contributed by atoms with van der Waals surface area (Å²) in [6, 6.07) is 0.0938. The van der Waals surface area contributed by atoms with Gasteiger partial charge in [-0.15, -0.1) is 0 Å². The second kappa shape index (κ2) is 7.92. The molecule has 0 aromatic carbocycles. The highest BCUT2D eigenvalue weighted by Crippen LogP contribution is 2.04. The Hall–Kier alpha value is -1.26. The Balaban J connectivity index is 4.03. The average molecular weight is 244 g/mol. The first kappa shape index (κ1) is 15.7. The van der Waals surface area contributed by atoms with E-state index in [1.165, 1.54) is 0 Å². The summed E-state index contributed by atoms with van der Waals surface area (Å²) in [5, 5.41) is 11.5. The van der Waals surface area contributed by atoms with Crippen LogP contribution in [-0.4, -0.2) is 41.1 Å². The Bertz CT molecular complexity index is 256. The number of carbonyl (C=O) groups is 2. The smallest absolute Gasteiger partial charge is 0.317 e. The van der Waals surface area contributed by atoms with E-state index in [0.717, 1.165) is 6.42 Å². The minimum Gasteiger partial charge on any atom is -0.481 e. The van der Waals surface area contributed by atoms with Crippen molar-refractivity contribution in [3.8, 4) is 0 Å². The molecule has 0 saturated heterocycles. The molecule has 2 N–H and O–H groups in total. The minimum atomic E-state index is -0.825. The van der Waals surface area contributed by atoms with Crippen molar-refractivity contribution in [2.45, 2.75) is 46.6 Å². The molecule has 0 saturated carbocycles. The highest BCUT2D eigenvalue weighted by atomic mass is 16.4. The van der Waals surface area contributed by atoms with E-state index in [1.54, 1.807) is 11.8 Å². The van der Waals surface area contributed by atoms with E-state index in [4.69, 9.17) is 5.11 Å². The zero-order valence-corrected chi connectivity index (χ0v) is 11.2. The lowest BCUT2D eigenvalue weighted by atomic mass is 10.1. The van der Waals surface area contributed by atoms with Gasteiger partial charge in [0, 0.05) is 19.1 Å². The summed E-state index contributed by atoms with van der Waals surface area (Å²) in [7, 11) is 0. The van der Waals surface area contributed by atoms with Crippen molar-refractivity contribution in [3.63, 3.8) is 0 Å². The van der Waals surface area contributed by atoms with E-state index in [2.05, 4.69) is 5.32 Å². The fourth-order valence-electron chi connectivity index (χ4n) is 1.50. The molecule has 5 nitrogen and oxygen atoms in total. The van der Waals surface area contributed by atoms with E-state index in [9.17, 15) is 9.59 Å². The zero-order valence-electron chi connectivity index (χ0n) is 11.2. The van der Waals surface area contributed by atoms with Crippen LogP contribution in [0.1, 0.15) is 40.5 Å². The van der Waals surface area contributed by atoms with Crippen LogP contribution in [0.25, 0.3) is 0 Å². The van der Waals surface area contributed by atoms with E-state index >= 15 is 0 Å². The van der Waals surface area contributed by atoms with Crippen molar-refractivity contribution in [2.24, 2.45) is 5.92 Å². The molecule has 0 aliphatic heterocycles. The quantitative estimate of drug-likeness (QED) is 0.719. The number of carboxylic acid groups (broad SMARTS) is 1. The van der Waals surface area contributed by atoms with Crippen molar-refractivity contribution >= 4 is 12.0 Å². The van der Waals surface area contributed by atoms with Crippen molar-refractivity contribution in [1.29, 1.82) is 0 Å². The highest BCUT2D eigenvalue weighted by Gasteiger charge is 2.17. The van der Waals surface area contributed by atoms with Gasteiger partial charge in [0.15, 0.2) is 0 Å². The highest BCUT2D eigenvalue weighted by molar-refractivity contribution is 5.74. The molecule has 5 heteroatoms. The summed E-state index contributed by atoms with van der Waals surface area (Å²) in [6.45, 7) is 8.68. The van der Waals surface area contributed by atoms with Crippen LogP contribution < -0.4 is 5.32 Å². The Labute approximate surface area is 103 Å². The first-order valence-corrected chi connectivity index (χ1v) is 6.21. The van der Waals surface area contributed by atoms with E-state index < -0.39 is 11.9 Å². The first-order valence-electron chi connectivity index (χ1n) is 6.21. The predicted octanol–water partition coefficient (Wildman–Crippen LogP) is 1.93. The molecule has 2 atom stereocenters. The second-order valence-electron chi connectivity index (χ2n) is 4.30. The number of hydrogen-bond donors (Lipinski definition) is 2. The van der Waals surface area contributed by atoms with Gasteiger partial charge in [0.2, 0.25) is 0 Å². The molecule has 0 bridgehead atoms. The summed E-state index contributed by atoms with van der Waals surface area (Å²) >= 11 is 0. The number of aliphatic carboxylic acids is 1. The maximum atomic E-state index is 11.8. The van der Waals surface area contributed by atoms with E-state index in [-0.39, 0.29) is 12.1 Å². The molecule has 0 spiro atoms. The third-order valence-electron chi connectivity index (χ3n) is 3.00. The third kappa shape index (κ3) is 5.56. The van der Waals surface area contributed by atoms with Crippen LogP contribution in [0, 0.1) is 5.92 Å². The van der Waals surface area contributed by atoms with Crippen molar-refractivity contribution in [2.75, 3.05) is 13.1 Å². The molecular weight excluding hydrogens is 220 g/mol. The van der Waals surface area contributed by atoms with E-state index in [1.807, 2.05) is 20.8 Å². The van der Waals surface area contributed by atoms with Gasteiger partial charge in [0.05, 0.1) is 5.92 Å². The molecule has 2 unspecified atom stereocenters. The fourth-order valence-corrected chi connectivity index (χ4v) is 1.50. The van der Waals surface area contributed by atoms with Gasteiger partial charge in [-0.05, 0) is 26.7 Å². The van der Waals surface area contributed by atoms with Crippen LogP contribution in [0.5, 0.6) is 0 Å². The molecule has 0 heterocycles. The van der Waals surface area contributed by atoms with Crippen LogP contribution in [0.2, 0.25) is 0 Å². The molecule has 0 aromatic rings. The number of urea groups is 1. The Morgan fingerprint density at radius 2 is 1.88 bits per heavy atom. The zero-order chi connectivity index (χ0) is 13.4. The van der Waals surface area contributed by atoms with Gasteiger partial charge in [0.1, 0.15) is 0 Å². The lowest BCUT2D eigenvalue weighted by Crippen LogP contribution is -2.45. The van der Waals surface area contributed by atoms with Gasteiger partial charge >= 0.3 is 12.0 Å². The molecular formula is C12H24N2O3. The predicted molar refractivity (Wildman–Crippen MR) is 66.9 cm³/mol. The average Bonchev–Trinajstić information content (AvgIpc) is 2.29. The molecule has 0 aromatic heterocycles. The van der Waals surface area contributed by atoms with Crippen LogP contribution in [0.4, 0.5) is 4.79 Å². The van der Waals surface area contributed by atoms with Gasteiger partial charge in [-0.25, -0.2) is 4.79 Å².